The van der Waals surface area contributed by atoms with Gasteiger partial charge in [0.25, 0.3) is 0 Å². The maximum absolute atomic E-state index is 13.2. The second-order valence-electron chi connectivity index (χ2n) is 4.46. The molecular formula is C17H15ClFN. The third-order valence-corrected chi connectivity index (χ3v) is 3.23. The average molecular weight is 288 g/mol. The fourth-order valence-electron chi connectivity index (χ4n) is 1.95. The summed E-state index contributed by atoms with van der Waals surface area (Å²) < 4.78 is 13.2. The van der Waals surface area contributed by atoms with Crippen LogP contribution in [0.2, 0.25) is 5.02 Å². The molecule has 0 unspecified atom stereocenters. The second-order valence-corrected chi connectivity index (χ2v) is 4.89. The van der Waals surface area contributed by atoms with Gasteiger partial charge in [0.05, 0.1) is 5.71 Å². The molecule has 2 aromatic carbocycles. The van der Waals surface area contributed by atoms with E-state index in [0.717, 1.165) is 22.4 Å². The molecule has 1 nitrogen and oxygen atoms in total. The minimum absolute atomic E-state index is 0.243. The quantitative estimate of drug-likeness (QED) is 0.704. The third-order valence-electron chi connectivity index (χ3n) is 2.99. The molecule has 0 saturated heterocycles. The van der Waals surface area contributed by atoms with Gasteiger partial charge >= 0.3 is 0 Å². The van der Waals surface area contributed by atoms with Crippen LogP contribution in [0.15, 0.2) is 59.6 Å². The summed E-state index contributed by atoms with van der Waals surface area (Å²) in [5, 5.41) is 0.667. The third kappa shape index (κ3) is 3.55. The molecule has 102 valence electrons. The standard InChI is InChI=1S/C17H15ClFN/c1-12(13-5-4-8-16(19)11-13)9-17(20-2)14-6-3-7-15(18)10-14/h3-11H,1-2H3/b12-9+,20-17?. The minimum Gasteiger partial charge on any atom is -0.288 e. The smallest absolute Gasteiger partial charge is 0.123 e. The van der Waals surface area contributed by atoms with Crippen molar-refractivity contribution in [1.82, 2.24) is 0 Å². The van der Waals surface area contributed by atoms with Crippen LogP contribution in [0, 0.1) is 5.82 Å². The van der Waals surface area contributed by atoms with Crippen molar-refractivity contribution >= 4 is 22.9 Å². The van der Waals surface area contributed by atoms with Crippen molar-refractivity contribution in [3.8, 4) is 0 Å². The Balaban J connectivity index is 2.37. The topological polar surface area (TPSA) is 12.4 Å². The van der Waals surface area contributed by atoms with Gasteiger partial charge < -0.3 is 0 Å². The Morgan fingerprint density at radius 3 is 2.45 bits per heavy atom. The van der Waals surface area contributed by atoms with Crippen molar-refractivity contribution in [3.05, 3.63) is 76.6 Å². The van der Waals surface area contributed by atoms with Gasteiger partial charge in [0.1, 0.15) is 5.82 Å². The molecule has 0 heterocycles. The molecule has 0 fully saturated rings. The van der Waals surface area contributed by atoms with Gasteiger partial charge in [-0.25, -0.2) is 4.39 Å². The first-order valence-corrected chi connectivity index (χ1v) is 6.65. The van der Waals surface area contributed by atoms with Gasteiger partial charge in [0, 0.05) is 17.6 Å². The second kappa shape index (κ2) is 6.49. The zero-order valence-electron chi connectivity index (χ0n) is 11.4. The normalized spacial score (nSPS) is 12.6. The Morgan fingerprint density at radius 2 is 1.80 bits per heavy atom. The summed E-state index contributed by atoms with van der Waals surface area (Å²) in [6.45, 7) is 1.94. The zero-order chi connectivity index (χ0) is 14.5. The highest BCUT2D eigenvalue weighted by atomic mass is 35.5. The summed E-state index contributed by atoms with van der Waals surface area (Å²) in [7, 11) is 1.73. The summed E-state index contributed by atoms with van der Waals surface area (Å²) in [5.74, 6) is -0.243. The molecule has 0 N–H and O–H groups in total. The highest BCUT2D eigenvalue weighted by molar-refractivity contribution is 6.31. The highest BCUT2D eigenvalue weighted by Gasteiger charge is 2.03. The molecule has 0 atom stereocenters. The number of halogens is 2. The van der Waals surface area contributed by atoms with Crippen LogP contribution in [0.25, 0.3) is 5.57 Å². The molecule has 0 aliphatic heterocycles. The van der Waals surface area contributed by atoms with Crippen molar-refractivity contribution in [2.45, 2.75) is 6.92 Å². The number of aliphatic imine (C=N–C) groups is 1. The van der Waals surface area contributed by atoms with E-state index >= 15 is 0 Å². The van der Waals surface area contributed by atoms with E-state index in [2.05, 4.69) is 4.99 Å². The average Bonchev–Trinajstić information content (AvgIpc) is 2.44. The molecule has 20 heavy (non-hydrogen) atoms. The van der Waals surface area contributed by atoms with Crippen LogP contribution >= 0.6 is 11.6 Å². The van der Waals surface area contributed by atoms with E-state index in [1.54, 1.807) is 13.1 Å². The number of allylic oxidation sites excluding steroid dienone is 2. The molecule has 0 saturated carbocycles. The number of hydrogen-bond donors (Lipinski definition) is 0. The van der Waals surface area contributed by atoms with Crippen LogP contribution in [-0.2, 0) is 0 Å². The summed E-state index contributed by atoms with van der Waals surface area (Å²) in [5.41, 5.74) is 3.54. The molecular weight excluding hydrogens is 273 g/mol. The van der Waals surface area contributed by atoms with Crippen LogP contribution in [0.3, 0.4) is 0 Å². The number of rotatable bonds is 3. The van der Waals surface area contributed by atoms with E-state index in [1.165, 1.54) is 12.1 Å². The number of benzene rings is 2. The molecule has 2 rings (SSSR count). The molecule has 0 radical (unpaired) electrons. The first-order chi connectivity index (χ1) is 9.60. The molecule has 0 aliphatic rings. The molecule has 0 aromatic heterocycles. The number of nitrogens with zero attached hydrogens (tertiary/aromatic N) is 1. The Bertz CT molecular complexity index is 674. The fourth-order valence-corrected chi connectivity index (χ4v) is 2.14. The molecule has 0 aliphatic carbocycles. The maximum Gasteiger partial charge on any atom is 0.123 e. The summed E-state index contributed by atoms with van der Waals surface area (Å²) in [6, 6.07) is 14.0. The van der Waals surface area contributed by atoms with Crippen LogP contribution < -0.4 is 0 Å². The van der Waals surface area contributed by atoms with E-state index in [9.17, 15) is 4.39 Å². The van der Waals surface area contributed by atoms with Gasteiger partial charge in [-0.2, -0.15) is 0 Å². The lowest BCUT2D eigenvalue weighted by atomic mass is 10.0. The molecule has 0 spiro atoms. The predicted octanol–water partition coefficient (Wildman–Crippen LogP) is 5.00. The van der Waals surface area contributed by atoms with Crippen LogP contribution in [0.5, 0.6) is 0 Å². The van der Waals surface area contributed by atoms with Crippen molar-refractivity contribution in [1.29, 1.82) is 0 Å². The van der Waals surface area contributed by atoms with Crippen molar-refractivity contribution in [2.75, 3.05) is 7.05 Å². The Labute approximate surface area is 123 Å². The van der Waals surface area contributed by atoms with Crippen molar-refractivity contribution < 1.29 is 4.39 Å². The van der Waals surface area contributed by atoms with Gasteiger partial charge in [-0.05, 0) is 48.4 Å². The molecule has 0 amide bonds. The van der Waals surface area contributed by atoms with Crippen molar-refractivity contribution in [3.63, 3.8) is 0 Å². The lowest BCUT2D eigenvalue weighted by Crippen LogP contribution is -1.98. The van der Waals surface area contributed by atoms with Crippen LogP contribution in [-0.4, -0.2) is 12.8 Å². The van der Waals surface area contributed by atoms with Crippen LogP contribution in [0.1, 0.15) is 18.1 Å². The fraction of sp³-hybridized carbons (Fsp3) is 0.118. The van der Waals surface area contributed by atoms with Gasteiger partial charge in [-0.3, -0.25) is 4.99 Å². The Morgan fingerprint density at radius 1 is 1.10 bits per heavy atom. The van der Waals surface area contributed by atoms with Gasteiger partial charge in [-0.15, -0.1) is 0 Å². The minimum atomic E-state index is -0.243. The lowest BCUT2D eigenvalue weighted by Gasteiger charge is -2.05. The Kier molecular flexibility index (Phi) is 4.70. The van der Waals surface area contributed by atoms with Gasteiger partial charge in [-0.1, -0.05) is 35.9 Å². The maximum atomic E-state index is 13.2. The first kappa shape index (κ1) is 14.5. The number of hydrogen-bond acceptors (Lipinski definition) is 1. The Hall–Kier alpha value is -1.93. The summed E-state index contributed by atoms with van der Waals surface area (Å²) in [6.07, 6.45) is 1.93. The predicted molar refractivity (Wildman–Crippen MR) is 84.0 cm³/mol. The van der Waals surface area contributed by atoms with Crippen LogP contribution in [0.4, 0.5) is 4.39 Å². The largest absolute Gasteiger partial charge is 0.288 e. The van der Waals surface area contributed by atoms with E-state index in [1.807, 2.05) is 43.3 Å². The molecule has 3 heteroatoms. The monoisotopic (exact) mass is 287 g/mol. The van der Waals surface area contributed by atoms with E-state index < -0.39 is 0 Å². The summed E-state index contributed by atoms with van der Waals surface area (Å²) in [4.78, 5) is 4.28. The van der Waals surface area contributed by atoms with Gasteiger partial charge in [0.15, 0.2) is 0 Å². The zero-order valence-corrected chi connectivity index (χ0v) is 12.2. The summed E-state index contributed by atoms with van der Waals surface area (Å²) >= 11 is 5.99. The molecule has 2 aromatic rings. The van der Waals surface area contributed by atoms with E-state index in [-0.39, 0.29) is 5.82 Å². The first-order valence-electron chi connectivity index (χ1n) is 6.27. The highest BCUT2D eigenvalue weighted by Crippen LogP contribution is 2.18. The lowest BCUT2D eigenvalue weighted by molar-refractivity contribution is 0.627. The van der Waals surface area contributed by atoms with Gasteiger partial charge in [0.2, 0.25) is 0 Å². The van der Waals surface area contributed by atoms with E-state index in [0.29, 0.717) is 5.02 Å². The van der Waals surface area contributed by atoms with Crippen molar-refractivity contribution in [2.24, 2.45) is 4.99 Å². The van der Waals surface area contributed by atoms with E-state index in [4.69, 9.17) is 11.6 Å². The SMILES string of the molecule is CN=C(/C=C(\C)c1cccc(F)c1)c1cccc(Cl)c1. The molecule has 0 bridgehead atoms.